The highest BCUT2D eigenvalue weighted by atomic mass is 19.1. The molecule has 0 aromatic rings. The van der Waals surface area contributed by atoms with Gasteiger partial charge in [0.05, 0.1) is 0 Å². The minimum atomic E-state index is -0.966. The van der Waals surface area contributed by atoms with Crippen molar-refractivity contribution in [3.8, 4) is 0 Å². The van der Waals surface area contributed by atoms with Gasteiger partial charge in [0.1, 0.15) is 11.4 Å². The Morgan fingerprint density at radius 2 is 2.13 bits per heavy atom. The average Bonchev–Trinajstić information content (AvgIpc) is 2.59. The van der Waals surface area contributed by atoms with Gasteiger partial charge in [0.15, 0.2) is 0 Å². The largest absolute Gasteiger partial charge is 0.481 e. The molecule has 1 rings (SSSR count). The minimum Gasteiger partial charge on any atom is -0.481 e. The van der Waals surface area contributed by atoms with Gasteiger partial charge in [0.2, 0.25) is 0 Å². The van der Waals surface area contributed by atoms with E-state index >= 15 is 0 Å². The van der Waals surface area contributed by atoms with Crippen molar-refractivity contribution in [2.45, 2.75) is 58.1 Å². The Morgan fingerprint density at radius 3 is 2.74 bits per heavy atom. The first kappa shape index (κ1) is 18.9. The summed E-state index contributed by atoms with van der Waals surface area (Å²) in [4.78, 5) is 22.7. The van der Waals surface area contributed by atoms with Gasteiger partial charge < -0.3 is 15.2 Å². The van der Waals surface area contributed by atoms with Crippen LogP contribution in [0.25, 0.3) is 0 Å². The standard InChI is InChI=1S/C17H24FNO4/c1-17(2,3)23-16(22)19-13(9-10-15(20)21)11-12-7-5-4-6-8-14(12)18/h4-5,7-8,13H,6,9-11H2,1-3H3,(H,19,22)(H,20,21). The number of carbonyl (C=O) groups is 2. The number of amides is 1. The molecule has 0 spiro atoms. The van der Waals surface area contributed by atoms with Gasteiger partial charge in [-0.2, -0.15) is 0 Å². The van der Waals surface area contributed by atoms with Crippen LogP contribution in [-0.2, 0) is 9.53 Å². The lowest BCUT2D eigenvalue weighted by atomic mass is 10.0. The number of allylic oxidation sites excluding steroid dienone is 5. The fourth-order valence-electron chi connectivity index (χ4n) is 2.07. The molecular weight excluding hydrogens is 301 g/mol. The van der Waals surface area contributed by atoms with Crippen LogP contribution in [-0.4, -0.2) is 28.8 Å². The number of carbonyl (C=O) groups excluding carboxylic acids is 1. The van der Waals surface area contributed by atoms with E-state index in [1.807, 2.05) is 6.08 Å². The Morgan fingerprint density at radius 1 is 1.43 bits per heavy atom. The lowest BCUT2D eigenvalue weighted by Crippen LogP contribution is -2.39. The van der Waals surface area contributed by atoms with E-state index in [0.29, 0.717) is 12.0 Å². The summed E-state index contributed by atoms with van der Waals surface area (Å²) >= 11 is 0. The van der Waals surface area contributed by atoms with E-state index in [0.717, 1.165) is 0 Å². The molecule has 0 aromatic heterocycles. The minimum absolute atomic E-state index is 0.116. The summed E-state index contributed by atoms with van der Waals surface area (Å²) in [6.45, 7) is 5.21. The molecule has 1 aliphatic rings. The van der Waals surface area contributed by atoms with E-state index in [-0.39, 0.29) is 25.1 Å². The van der Waals surface area contributed by atoms with E-state index in [1.54, 1.807) is 32.9 Å². The normalized spacial score (nSPS) is 16.0. The number of carboxylic acids is 1. The Bertz CT molecular complexity index is 529. The van der Waals surface area contributed by atoms with Gasteiger partial charge in [-0.15, -0.1) is 0 Å². The topological polar surface area (TPSA) is 75.6 Å². The summed E-state index contributed by atoms with van der Waals surface area (Å²) in [6, 6.07) is -0.516. The molecule has 1 amide bonds. The second-order valence-electron chi connectivity index (χ2n) is 6.39. The van der Waals surface area contributed by atoms with E-state index in [9.17, 15) is 14.0 Å². The molecule has 0 radical (unpaired) electrons. The van der Waals surface area contributed by atoms with Crippen molar-refractivity contribution in [2.24, 2.45) is 0 Å². The van der Waals surface area contributed by atoms with E-state index in [1.165, 1.54) is 6.08 Å². The zero-order valence-corrected chi connectivity index (χ0v) is 13.8. The van der Waals surface area contributed by atoms with E-state index in [4.69, 9.17) is 9.84 Å². The fraction of sp³-hybridized carbons (Fsp3) is 0.529. The van der Waals surface area contributed by atoms with Crippen LogP contribution < -0.4 is 5.32 Å². The number of rotatable bonds is 6. The molecule has 128 valence electrons. The third kappa shape index (κ3) is 8.18. The molecule has 0 fully saturated rings. The molecule has 6 heteroatoms. The highest BCUT2D eigenvalue weighted by molar-refractivity contribution is 5.69. The van der Waals surface area contributed by atoms with Crippen LogP contribution in [0.2, 0.25) is 0 Å². The summed E-state index contributed by atoms with van der Waals surface area (Å²) < 4.78 is 19.1. The van der Waals surface area contributed by atoms with Gasteiger partial charge in [-0.3, -0.25) is 4.79 Å². The van der Waals surface area contributed by atoms with Gasteiger partial charge >= 0.3 is 12.1 Å². The molecule has 23 heavy (non-hydrogen) atoms. The molecule has 0 saturated carbocycles. The third-order valence-electron chi connectivity index (χ3n) is 3.07. The SMILES string of the molecule is CC(C)(C)OC(=O)NC(CCC(=O)O)CC1=CC=CCC=C1F. The monoisotopic (exact) mass is 325 g/mol. The van der Waals surface area contributed by atoms with E-state index in [2.05, 4.69) is 5.32 Å². The molecule has 0 bridgehead atoms. The summed E-state index contributed by atoms with van der Waals surface area (Å²) in [5, 5.41) is 11.5. The first-order valence-electron chi connectivity index (χ1n) is 7.60. The molecule has 1 atom stereocenters. The lowest BCUT2D eigenvalue weighted by molar-refractivity contribution is -0.137. The van der Waals surface area contributed by atoms with E-state index < -0.39 is 23.7 Å². The van der Waals surface area contributed by atoms with Crippen LogP contribution in [0.5, 0.6) is 0 Å². The Kier molecular flexibility index (Phi) is 7.00. The van der Waals surface area contributed by atoms with Crippen LogP contribution >= 0.6 is 0 Å². The van der Waals surface area contributed by atoms with Crippen molar-refractivity contribution in [3.63, 3.8) is 0 Å². The lowest BCUT2D eigenvalue weighted by Gasteiger charge is -2.24. The number of halogens is 1. The second-order valence-corrected chi connectivity index (χ2v) is 6.39. The highest BCUT2D eigenvalue weighted by Crippen LogP contribution is 2.22. The molecular formula is C17H24FNO4. The zero-order chi connectivity index (χ0) is 17.5. The maximum Gasteiger partial charge on any atom is 0.407 e. The predicted molar refractivity (Wildman–Crippen MR) is 85.7 cm³/mol. The highest BCUT2D eigenvalue weighted by Gasteiger charge is 2.22. The first-order valence-corrected chi connectivity index (χ1v) is 7.60. The number of alkyl carbamates (subject to hydrolysis) is 1. The van der Waals surface area contributed by atoms with Gasteiger partial charge in [0.25, 0.3) is 0 Å². The summed E-state index contributed by atoms with van der Waals surface area (Å²) in [6.07, 6.45) is 6.82. The molecule has 5 nitrogen and oxygen atoms in total. The average molecular weight is 325 g/mol. The molecule has 0 saturated heterocycles. The van der Waals surface area contributed by atoms with Gasteiger partial charge in [-0.05, 0) is 51.7 Å². The molecule has 2 N–H and O–H groups in total. The predicted octanol–water partition coefficient (Wildman–Crippen LogP) is 3.87. The number of nitrogens with one attached hydrogen (secondary N) is 1. The summed E-state index contributed by atoms with van der Waals surface area (Å²) in [5.41, 5.74) is -0.220. The fourth-order valence-corrected chi connectivity index (χ4v) is 2.07. The van der Waals surface area contributed by atoms with Crippen molar-refractivity contribution < 1.29 is 23.8 Å². The van der Waals surface area contributed by atoms with Crippen molar-refractivity contribution >= 4 is 12.1 Å². The first-order chi connectivity index (χ1) is 10.7. The van der Waals surface area contributed by atoms with Gasteiger partial charge in [-0.1, -0.05) is 18.2 Å². The number of ether oxygens (including phenoxy) is 1. The van der Waals surface area contributed by atoms with Crippen LogP contribution in [0.1, 0.15) is 46.5 Å². The number of hydrogen-bond donors (Lipinski definition) is 2. The number of aliphatic carboxylic acids is 1. The maximum atomic E-state index is 14.0. The Labute approximate surface area is 135 Å². The third-order valence-corrected chi connectivity index (χ3v) is 3.07. The maximum absolute atomic E-state index is 14.0. The van der Waals surface area contributed by atoms with Crippen molar-refractivity contribution in [1.29, 1.82) is 0 Å². The smallest absolute Gasteiger partial charge is 0.407 e. The molecule has 0 aromatic carbocycles. The number of carboxylic acid groups (broad SMARTS) is 1. The van der Waals surface area contributed by atoms with Gasteiger partial charge in [-0.25, -0.2) is 9.18 Å². The molecule has 0 aliphatic heterocycles. The van der Waals surface area contributed by atoms with Crippen LogP contribution in [0, 0.1) is 0 Å². The summed E-state index contributed by atoms with van der Waals surface area (Å²) in [7, 11) is 0. The molecule has 0 heterocycles. The molecule has 1 aliphatic carbocycles. The van der Waals surface area contributed by atoms with Crippen molar-refractivity contribution in [1.82, 2.24) is 5.32 Å². The Hall–Kier alpha value is -2.11. The van der Waals surface area contributed by atoms with Crippen LogP contribution in [0.15, 0.2) is 35.7 Å². The quantitative estimate of drug-likeness (QED) is 0.777. The number of hydrogen-bond acceptors (Lipinski definition) is 3. The molecule has 1 unspecified atom stereocenters. The van der Waals surface area contributed by atoms with Gasteiger partial charge in [0, 0.05) is 12.5 Å². The summed E-state index contributed by atoms with van der Waals surface area (Å²) in [5.74, 6) is -1.31. The second kappa shape index (κ2) is 8.50. The Balaban J connectivity index is 2.75. The van der Waals surface area contributed by atoms with Crippen LogP contribution in [0.3, 0.4) is 0 Å². The van der Waals surface area contributed by atoms with Crippen molar-refractivity contribution in [2.75, 3.05) is 0 Å². The zero-order valence-electron chi connectivity index (χ0n) is 13.8. The van der Waals surface area contributed by atoms with Crippen LogP contribution in [0.4, 0.5) is 9.18 Å². The van der Waals surface area contributed by atoms with Crippen molar-refractivity contribution in [3.05, 3.63) is 35.7 Å².